The van der Waals surface area contributed by atoms with Gasteiger partial charge in [-0.05, 0) is 36.1 Å². The summed E-state index contributed by atoms with van der Waals surface area (Å²) in [6.07, 6.45) is 2.57. The van der Waals surface area contributed by atoms with Crippen LogP contribution in [0, 0.1) is 11.8 Å². The Labute approximate surface area is 138 Å². The zero-order valence-electron chi connectivity index (χ0n) is 12.5. The number of halogens is 1. The van der Waals surface area contributed by atoms with E-state index >= 15 is 0 Å². The Morgan fingerprint density at radius 2 is 2.27 bits per heavy atom. The summed E-state index contributed by atoms with van der Waals surface area (Å²) in [5, 5.41) is 10.4. The molecule has 2 atom stereocenters. The highest BCUT2D eigenvalue weighted by Gasteiger charge is 2.29. The molecule has 116 valence electrons. The number of pyridine rings is 1. The number of likely N-dealkylation sites (tertiary alicyclic amines) is 1. The third-order valence-corrected chi connectivity index (χ3v) is 4.68. The average Bonchev–Trinajstić information content (AvgIpc) is 2.46. The van der Waals surface area contributed by atoms with Gasteiger partial charge in [-0.3, -0.25) is 14.7 Å². The minimum Gasteiger partial charge on any atom is -0.481 e. The Morgan fingerprint density at radius 1 is 1.45 bits per heavy atom. The van der Waals surface area contributed by atoms with E-state index in [-0.39, 0.29) is 5.92 Å². The van der Waals surface area contributed by atoms with E-state index in [0.29, 0.717) is 12.5 Å². The molecule has 1 saturated heterocycles. The fourth-order valence-electron chi connectivity index (χ4n) is 3.36. The Morgan fingerprint density at radius 3 is 3.05 bits per heavy atom. The van der Waals surface area contributed by atoms with Crippen LogP contribution in [0.5, 0.6) is 0 Å². The topological polar surface area (TPSA) is 53.4 Å². The maximum atomic E-state index is 11.3. The summed E-state index contributed by atoms with van der Waals surface area (Å²) in [7, 11) is 0. The number of aromatic nitrogens is 1. The second-order valence-corrected chi connectivity index (χ2v) is 7.13. The lowest BCUT2D eigenvalue weighted by molar-refractivity contribution is -0.144. The van der Waals surface area contributed by atoms with Crippen molar-refractivity contribution >= 4 is 32.8 Å². The molecule has 0 spiro atoms. The van der Waals surface area contributed by atoms with Gasteiger partial charge in [-0.2, -0.15) is 0 Å². The van der Waals surface area contributed by atoms with Crippen molar-refractivity contribution in [3.05, 3.63) is 40.5 Å². The predicted molar refractivity (Wildman–Crippen MR) is 89.6 cm³/mol. The van der Waals surface area contributed by atoms with Gasteiger partial charge in [0.1, 0.15) is 0 Å². The van der Waals surface area contributed by atoms with Gasteiger partial charge in [0, 0.05) is 35.7 Å². The molecule has 5 heteroatoms. The number of nitrogens with zero attached hydrogens (tertiary/aromatic N) is 2. The van der Waals surface area contributed by atoms with Crippen LogP contribution in [0.4, 0.5) is 0 Å². The van der Waals surface area contributed by atoms with Gasteiger partial charge >= 0.3 is 5.97 Å². The minimum atomic E-state index is -0.686. The monoisotopic (exact) mass is 362 g/mol. The molecule has 0 amide bonds. The van der Waals surface area contributed by atoms with E-state index < -0.39 is 5.97 Å². The van der Waals surface area contributed by atoms with E-state index in [9.17, 15) is 9.90 Å². The zero-order valence-corrected chi connectivity index (χ0v) is 14.1. The van der Waals surface area contributed by atoms with Crippen LogP contribution in [0.25, 0.3) is 10.9 Å². The number of carboxylic acids is 1. The van der Waals surface area contributed by atoms with E-state index in [4.69, 9.17) is 0 Å². The van der Waals surface area contributed by atoms with Crippen LogP contribution in [-0.4, -0.2) is 34.0 Å². The van der Waals surface area contributed by atoms with Gasteiger partial charge in [-0.25, -0.2) is 0 Å². The largest absolute Gasteiger partial charge is 0.481 e. The number of carboxylic acid groups (broad SMARTS) is 1. The van der Waals surface area contributed by atoms with E-state index in [0.717, 1.165) is 40.4 Å². The Kier molecular flexibility index (Phi) is 4.45. The lowest BCUT2D eigenvalue weighted by Crippen LogP contribution is -2.42. The standard InChI is InChI=1S/C17H19BrN2O2/c1-11-5-14(17(21)22)10-20(8-11)9-13-7-15(18)6-12-3-2-4-19-16(12)13/h2-4,6-7,11,14H,5,8-10H2,1H3,(H,21,22). The molecule has 2 aromatic rings. The van der Waals surface area contributed by atoms with Crippen LogP contribution in [0.15, 0.2) is 34.9 Å². The Balaban J connectivity index is 1.88. The summed E-state index contributed by atoms with van der Waals surface area (Å²) < 4.78 is 1.03. The molecule has 0 radical (unpaired) electrons. The molecule has 2 heterocycles. The molecule has 1 aromatic heterocycles. The van der Waals surface area contributed by atoms with Gasteiger partial charge in [0.05, 0.1) is 11.4 Å². The average molecular weight is 363 g/mol. The lowest BCUT2D eigenvalue weighted by atomic mass is 9.90. The number of benzene rings is 1. The molecule has 3 rings (SSSR count). The number of rotatable bonds is 3. The normalized spacial score (nSPS) is 22.8. The third kappa shape index (κ3) is 3.31. The molecular formula is C17H19BrN2O2. The Bertz CT molecular complexity index is 704. The van der Waals surface area contributed by atoms with Crippen LogP contribution >= 0.6 is 15.9 Å². The van der Waals surface area contributed by atoms with Crippen LogP contribution in [0.2, 0.25) is 0 Å². The fourth-order valence-corrected chi connectivity index (χ4v) is 3.88. The number of fused-ring (bicyclic) bond motifs is 1. The number of hydrogen-bond donors (Lipinski definition) is 1. The van der Waals surface area contributed by atoms with Crippen molar-refractivity contribution in [1.82, 2.24) is 9.88 Å². The van der Waals surface area contributed by atoms with Crippen LogP contribution in [-0.2, 0) is 11.3 Å². The predicted octanol–water partition coefficient (Wildman–Crippen LogP) is 3.54. The summed E-state index contributed by atoms with van der Waals surface area (Å²) in [4.78, 5) is 18.1. The molecular weight excluding hydrogens is 344 g/mol. The molecule has 0 aliphatic carbocycles. The quantitative estimate of drug-likeness (QED) is 0.906. The van der Waals surface area contributed by atoms with Crippen LogP contribution < -0.4 is 0 Å². The summed E-state index contributed by atoms with van der Waals surface area (Å²) in [6, 6.07) is 8.13. The first-order valence-electron chi connectivity index (χ1n) is 7.51. The molecule has 1 aliphatic rings. The van der Waals surface area contributed by atoms with Gasteiger partial charge in [-0.15, -0.1) is 0 Å². The maximum absolute atomic E-state index is 11.3. The number of aliphatic carboxylic acids is 1. The summed E-state index contributed by atoms with van der Waals surface area (Å²) in [5.41, 5.74) is 2.14. The number of hydrogen-bond acceptors (Lipinski definition) is 3. The van der Waals surface area contributed by atoms with Gasteiger partial charge in [0.15, 0.2) is 0 Å². The highest BCUT2D eigenvalue weighted by atomic mass is 79.9. The van der Waals surface area contributed by atoms with Gasteiger partial charge < -0.3 is 5.11 Å². The zero-order chi connectivity index (χ0) is 15.7. The van der Waals surface area contributed by atoms with E-state index in [2.05, 4.69) is 50.9 Å². The molecule has 1 aromatic carbocycles. The van der Waals surface area contributed by atoms with E-state index in [1.165, 1.54) is 0 Å². The first-order valence-corrected chi connectivity index (χ1v) is 8.30. The van der Waals surface area contributed by atoms with Crippen molar-refractivity contribution < 1.29 is 9.90 Å². The summed E-state index contributed by atoms with van der Waals surface area (Å²) in [5.74, 6) is -0.551. The van der Waals surface area contributed by atoms with Crippen molar-refractivity contribution in [3.63, 3.8) is 0 Å². The van der Waals surface area contributed by atoms with Crippen LogP contribution in [0.1, 0.15) is 18.9 Å². The fraction of sp³-hybridized carbons (Fsp3) is 0.412. The molecule has 0 bridgehead atoms. The number of carbonyl (C=O) groups is 1. The number of piperidine rings is 1. The Hall–Kier alpha value is -1.46. The maximum Gasteiger partial charge on any atom is 0.307 e. The first kappa shape index (κ1) is 15.4. The van der Waals surface area contributed by atoms with Gasteiger partial charge in [-0.1, -0.05) is 28.9 Å². The van der Waals surface area contributed by atoms with Crippen molar-refractivity contribution in [1.29, 1.82) is 0 Å². The first-order chi connectivity index (χ1) is 10.5. The van der Waals surface area contributed by atoms with Gasteiger partial charge in [0.2, 0.25) is 0 Å². The second kappa shape index (κ2) is 6.34. The SMILES string of the molecule is CC1CC(C(=O)O)CN(Cc2cc(Br)cc3cccnc23)C1. The molecule has 0 saturated carbocycles. The van der Waals surface area contributed by atoms with E-state index in [1.54, 1.807) is 6.20 Å². The molecule has 1 fully saturated rings. The smallest absolute Gasteiger partial charge is 0.307 e. The van der Waals surface area contributed by atoms with Crippen molar-refractivity contribution in [3.8, 4) is 0 Å². The summed E-state index contributed by atoms with van der Waals surface area (Å²) in [6.45, 7) is 4.41. The van der Waals surface area contributed by atoms with E-state index in [1.807, 2.05) is 6.07 Å². The van der Waals surface area contributed by atoms with Crippen molar-refractivity contribution in [2.45, 2.75) is 19.9 Å². The lowest BCUT2D eigenvalue weighted by Gasteiger charge is -2.34. The third-order valence-electron chi connectivity index (χ3n) is 4.23. The minimum absolute atomic E-state index is 0.268. The highest BCUT2D eigenvalue weighted by Crippen LogP contribution is 2.27. The molecule has 1 aliphatic heterocycles. The van der Waals surface area contributed by atoms with Crippen LogP contribution in [0.3, 0.4) is 0 Å². The summed E-state index contributed by atoms with van der Waals surface area (Å²) >= 11 is 3.55. The van der Waals surface area contributed by atoms with Crippen molar-refractivity contribution in [2.24, 2.45) is 11.8 Å². The molecule has 1 N–H and O–H groups in total. The second-order valence-electron chi connectivity index (χ2n) is 6.21. The van der Waals surface area contributed by atoms with Gasteiger partial charge in [0.25, 0.3) is 0 Å². The molecule has 2 unspecified atom stereocenters. The molecule has 22 heavy (non-hydrogen) atoms. The molecule has 4 nitrogen and oxygen atoms in total. The van der Waals surface area contributed by atoms with Crippen molar-refractivity contribution in [2.75, 3.05) is 13.1 Å². The highest BCUT2D eigenvalue weighted by molar-refractivity contribution is 9.10.